The lowest BCUT2D eigenvalue weighted by molar-refractivity contribution is -0.148. The lowest BCUT2D eigenvalue weighted by Gasteiger charge is -2.42. The van der Waals surface area contributed by atoms with Crippen LogP contribution in [-0.2, 0) is 16.1 Å². The highest BCUT2D eigenvalue weighted by molar-refractivity contribution is 5.77. The first-order valence-electron chi connectivity index (χ1n) is 9.15. The van der Waals surface area contributed by atoms with Gasteiger partial charge in [-0.2, -0.15) is 5.10 Å². The molecule has 8 nitrogen and oxygen atoms in total. The van der Waals surface area contributed by atoms with Gasteiger partial charge >= 0.3 is 0 Å². The number of carbonyl (C=O) groups is 1. The van der Waals surface area contributed by atoms with Crippen molar-refractivity contribution in [1.29, 1.82) is 0 Å². The lowest BCUT2D eigenvalue weighted by atomic mass is 9.99. The van der Waals surface area contributed by atoms with Gasteiger partial charge in [0.15, 0.2) is 0 Å². The summed E-state index contributed by atoms with van der Waals surface area (Å²) in [6.45, 7) is 4.03. The van der Waals surface area contributed by atoms with Crippen molar-refractivity contribution in [3.05, 3.63) is 47.0 Å². The first-order valence-corrected chi connectivity index (χ1v) is 9.15. The van der Waals surface area contributed by atoms with Crippen LogP contribution in [0.3, 0.4) is 0 Å². The zero-order chi connectivity index (χ0) is 18.8. The van der Waals surface area contributed by atoms with E-state index in [1.54, 1.807) is 34.1 Å². The monoisotopic (exact) mass is 369 g/mol. The van der Waals surface area contributed by atoms with Crippen LogP contribution in [-0.4, -0.2) is 76.4 Å². The molecule has 1 atom stereocenters. The zero-order valence-corrected chi connectivity index (χ0v) is 15.3. The predicted molar refractivity (Wildman–Crippen MR) is 99.0 cm³/mol. The lowest BCUT2D eigenvalue weighted by Crippen LogP contribution is -2.55. The van der Waals surface area contributed by atoms with Gasteiger partial charge in [-0.25, -0.2) is 4.68 Å². The highest BCUT2D eigenvalue weighted by Gasteiger charge is 2.32. The van der Waals surface area contributed by atoms with E-state index in [0.29, 0.717) is 19.0 Å². The second-order valence-electron chi connectivity index (χ2n) is 7.27. The van der Waals surface area contributed by atoms with E-state index < -0.39 is 0 Å². The minimum absolute atomic E-state index is 0.0340. The third kappa shape index (κ3) is 4.06. The van der Waals surface area contributed by atoms with Gasteiger partial charge < -0.3 is 9.64 Å². The number of ether oxygens (including phenoxy) is 1. The molecule has 0 N–H and O–H groups in total. The quantitative estimate of drug-likeness (QED) is 0.743. The van der Waals surface area contributed by atoms with Crippen LogP contribution in [0, 0.1) is 5.92 Å². The van der Waals surface area contributed by atoms with E-state index in [-0.39, 0.29) is 24.2 Å². The number of likely N-dealkylation sites (tertiary alicyclic amines) is 1. The van der Waals surface area contributed by atoms with Crippen molar-refractivity contribution >= 4 is 5.91 Å². The number of nitrogens with zero attached hydrogens (tertiary/aromatic N) is 5. The third-order valence-corrected chi connectivity index (χ3v) is 5.10. The number of hydrogen-bond donors (Lipinski definition) is 0. The van der Waals surface area contributed by atoms with Gasteiger partial charge in [0.05, 0.1) is 18.3 Å². The fraction of sp³-hybridized carbons (Fsp3) is 0.474. The Kier molecular flexibility index (Phi) is 5.00. The van der Waals surface area contributed by atoms with E-state index in [1.165, 1.54) is 0 Å². The zero-order valence-electron chi connectivity index (χ0n) is 15.3. The maximum atomic E-state index is 12.2. The summed E-state index contributed by atoms with van der Waals surface area (Å²) in [5.41, 5.74) is 1.56. The van der Waals surface area contributed by atoms with Crippen molar-refractivity contribution in [2.45, 2.75) is 12.6 Å². The smallest absolute Gasteiger partial charge is 0.266 e. The van der Waals surface area contributed by atoms with Crippen molar-refractivity contribution < 1.29 is 9.53 Å². The molecule has 4 heterocycles. The Bertz CT molecular complexity index is 863. The average molecular weight is 369 g/mol. The van der Waals surface area contributed by atoms with E-state index in [2.05, 4.69) is 15.0 Å². The first-order chi connectivity index (χ1) is 13.1. The van der Waals surface area contributed by atoms with Gasteiger partial charge in [0.1, 0.15) is 6.61 Å². The summed E-state index contributed by atoms with van der Waals surface area (Å²) < 4.78 is 7.15. The number of aromatic nitrogens is 3. The number of amides is 1. The maximum Gasteiger partial charge on any atom is 0.266 e. The number of hydrogen-bond acceptors (Lipinski definition) is 6. The van der Waals surface area contributed by atoms with Gasteiger partial charge in [0.25, 0.3) is 5.56 Å². The Labute approximate surface area is 157 Å². The maximum absolute atomic E-state index is 12.2. The molecule has 27 heavy (non-hydrogen) atoms. The molecule has 0 radical (unpaired) electrons. The minimum Gasteiger partial charge on any atom is -0.365 e. The van der Waals surface area contributed by atoms with Crippen LogP contribution < -0.4 is 5.56 Å². The summed E-state index contributed by atoms with van der Waals surface area (Å²) in [6.07, 6.45) is 3.52. The Morgan fingerprint density at radius 3 is 2.74 bits per heavy atom. The van der Waals surface area contributed by atoms with Crippen molar-refractivity contribution in [3.63, 3.8) is 0 Å². The standard InChI is InChI=1S/C19H23N5O3/c1-22-11-16(27-13-19(22)26)12-23-8-14(9-23)10-24-18(25)5-4-17(21-24)15-3-2-6-20-7-15/h2-7,14,16H,8-13H2,1H3. The van der Waals surface area contributed by atoms with Gasteiger partial charge in [-0.1, -0.05) is 0 Å². The van der Waals surface area contributed by atoms with Crippen LogP contribution in [0.5, 0.6) is 0 Å². The summed E-state index contributed by atoms with van der Waals surface area (Å²) in [4.78, 5) is 31.8. The Balaban J connectivity index is 1.32. The normalized spacial score (nSPS) is 21.3. The number of morpholine rings is 1. The molecule has 1 amide bonds. The van der Waals surface area contributed by atoms with Gasteiger partial charge in [-0.05, 0) is 18.2 Å². The molecule has 2 aromatic heterocycles. The highest BCUT2D eigenvalue weighted by atomic mass is 16.5. The van der Waals surface area contributed by atoms with Gasteiger partial charge in [-0.15, -0.1) is 0 Å². The molecular formula is C19H23N5O3. The molecule has 8 heteroatoms. The molecule has 4 rings (SSSR count). The summed E-state index contributed by atoms with van der Waals surface area (Å²) in [7, 11) is 1.81. The number of likely N-dealkylation sites (N-methyl/N-ethyl adjacent to an activating group) is 1. The van der Waals surface area contributed by atoms with E-state index in [0.717, 1.165) is 30.9 Å². The predicted octanol–water partition coefficient (Wildman–Crippen LogP) is 0.0943. The van der Waals surface area contributed by atoms with E-state index in [1.807, 2.05) is 19.2 Å². The second kappa shape index (κ2) is 7.58. The van der Waals surface area contributed by atoms with Gasteiger partial charge in [0.2, 0.25) is 5.91 Å². The molecule has 2 aliphatic rings. The van der Waals surface area contributed by atoms with Crippen LogP contribution in [0.1, 0.15) is 0 Å². The topological polar surface area (TPSA) is 80.6 Å². The molecule has 0 bridgehead atoms. The van der Waals surface area contributed by atoms with Crippen LogP contribution in [0.25, 0.3) is 11.3 Å². The molecule has 142 valence electrons. The number of pyridine rings is 1. The summed E-state index contributed by atoms with van der Waals surface area (Å²) in [6, 6.07) is 7.09. The van der Waals surface area contributed by atoms with Crippen LogP contribution >= 0.6 is 0 Å². The van der Waals surface area contributed by atoms with Crippen LogP contribution in [0.15, 0.2) is 41.5 Å². The second-order valence-corrected chi connectivity index (χ2v) is 7.27. The largest absolute Gasteiger partial charge is 0.365 e. The first kappa shape index (κ1) is 17.8. The Hall–Kier alpha value is -2.58. The van der Waals surface area contributed by atoms with Crippen molar-refractivity contribution in [3.8, 4) is 11.3 Å². The van der Waals surface area contributed by atoms with Crippen molar-refractivity contribution in [2.24, 2.45) is 5.92 Å². The molecule has 0 saturated carbocycles. The fourth-order valence-electron chi connectivity index (χ4n) is 3.59. The molecule has 2 aliphatic heterocycles. The average Bonchev–Trinajstić information content (AvgIpc) is 2.65. The molecule has 2 aromatic rings. The van der Waals surface area contributed by atoms with Crippen LogP contribution in [0.4, 0.5) is 0 Å². The molecule has 0 aromatic carbocycles. The van der Waals surface area contributed by atoms with Crippen molar-refractivity contribution in [2.75, 3.05) is 39.8 Å². The van der Waals surface area contributed by atoms with E-state index in [9.17, 15) is 9.59 Å². The summed E-state index contributed by atoms with van der Waals surface area (Å²) in [5, 5.41) is 4.50. The summed E-state index contributed by atoms with van der Waals surface area (Å²) >= 11 is 0. The highest BCUT2D eigenvalue weighted by Crippen LogP contribution is 2.19. The van der Waals surface area contributed by atoms with E-state index >= 15 is 0 Å². The van der Waals surface area contributed by atoms with Crippen molar-refractivity contribution in [1.82, 2.24) is 24.6 Å². The summed E-state index contributed by atoms with van der Waals surface area (Å²) in [5.74, 6) is 0.425. The Morgan fingerprint density at radius 1 is 1.15 bits per heavy atom. The Morgan fingerprint density at radius 2 is 2.00 bits per heavy atom. The minimum atomic E-state index is -0.0863. The van der Waals surface area contributed by atoms with Gasteiger partial charge in [-0.3, -0.25) is 19.5 Å². The molecule has 2 fully saturated rings. The SMILES string of the molecule is CN1CC(CN2CC(Cn3nc(-c4cccnc4)ccc3=O)C2)OCC1=O. The van der Waals surface area contributed by atoms with Crippen LogP contribution in [0.2, 0.25) is 0 Å². The number of rotatable bonds is 5. The molecule has 1 unspecified atom stereocenters. The molecule has 0 spiro atoms. The fourth-order valence-corrected chi connectivity index (χ4v) is 3.59. The molecule has 0 aliphatic carbocycles. The molecular weight excluding hydrogens is 346 g/mol. The van der Waals surface area contributed by atoms with E-state index in [4.69, 9.17) is 4.74 Å². The third-order valence-electron chi connectivity index (χ3n) is 5.10. The van der Waals surface area contributed by atoms with Gasteiger partial charge in [0, 0.05) is 63.2 Å². The molecule has 2 saturated heterocycles. The number of carbonyl (C=O) groups excluding carboxylic acids is 1.